The van der Waals surface area contributed by atoms with Crippen LogP contribution in [-0.2, 0) is 9.53 Å². The van der Waals surface area contributed by atoms with Gasteiger partial charge < -0.3 is 14.2 Å². The number of nitro benzene ring substituents is 1. The van der Waals surface area contributed by atoms with Crippen molar-refractivity contribution >= 4 is 11.7 Å². The second-order valence-electron chi connectivity index (χ2n) is 4.50. The summed E-state index contributed by atoms with van der Waals surface area (Å²) in [6, 6.07) is 4.09. The highest BCUT2D eigenvalue weighted by Gasteiger charge is 2.17. The maximum Gasteiger partial charge on any atom is 0.343 e. The van der Waals surface area contributed by atoms with Gasteiger partial charge in [-0.2, -0.15) is 0 Å². The molecular formula is C17H19NO6. The van der Waals surface area contributed by atoms with E-state index in [1.165, 1.54) is 25.3 Å². The normalized spacial score (nSPS) is 11.2. The summed E-state index contributed by atoms with van der Waals surface area (Å²) >= 11 is 0. The molecule has 0 N–H and O–H groups in total. The predicted molar refractivity (Wildman–Crippen MR) is 89.2 cm³/mol. The van der Waals surface area contributed by atoms with Crippen LogP contribution in [0.1, 0.15) is 6.92 Å². The number of rotatable bonds is 9. The van der Waals surface area contributed by atoms with E-state index in [-0.39, 0.29) is 18.0 Å². The van der Waals surface area contributed by atoms with E-state index in [1.807, 2.05) is 19.1 Å². The average Bonchev–Trinajstić information content (AvgIpc) is 2.59. The highest BCUT2D eigenvalue weighted by molar-refractivity contribution is 5.71. The summed E-state index contributed by atoms with van der Waals surface area (Å²) in [5.41, 5.74) is 0.648. The molecule has 24 heavy (non-hydrogen) atoms. The Morgan fingerprint density at radius 2 is 2.08 bits per heavy atom. The third-order valence-corrected chi connectivity index (χ3v) is 2.92. The van der Waals surface area contributed by atoms with Gasteiger partial charge in [-0.3, -0.25) is 10.1 Å². The van der Waals surface area contributed by atoms with Gasteiger partial charge in [0.05, 0.1) is 12.0 Å². The number of esters is 1. The van der Waals surface area contributed by atoms with Crippen molar-refractivity contribution in [3.05, 3.63) is 64.8 Å². The molecule has 7 heteroatoms. The molecule has 0 aliphatic heterocycles. The SMILES string of the molecule is C=C/C=C\C(=C/C)COc1ccc([N+](=O)[O-])c(OCC(=O)OC)c1. The van der Waals surface area contributed by atoms with E-state index < -0.39 is 17.5 Å². The molecule has 0 fully saturated rings. The lowest BCUT2D eigenvalue weighted by molar-refractivity contribution is -0.385. The molecule has 0 bridgehead atoms. The molecule has 0 saturated heterocycles. The second-order valence-corrected chi connectivity index (χ2v) is 4.50. The number of nitrogens with zero attached hydrogens (tertiary/aromatic N) is 1. The van der Waals surface area contributed by atoms with Gasteiger partial charge in [0.25, 0.3) is 0 Å². The number of hydrogen-bond donors (Lipinski definition) is 0. The fourth-order valence-electron chi connectivity index (χ4n) is 1.63. The fourth-order valence-corrected chi connectivity index (χ4v) is 1.63. The maximum absolute atomic E-state index is 11.1. The van der Waals surface area contributed by atoms with Crippen LogP contribution in [0.15, 0.2) is 54.7 Å². The standard InChI is InChI=1S/C17H19NO6/c1-4-6-7-13(5-2)11-23-14-8-9-15(18(20)21)16(10-14)24-12-17(19)22-3/h4-10H,1,11-12H2,2-3H3/b7-6-,13-5+. The molecule has 1 rings (SSSR count). The van der Waals surface area contributed by atoms with Crippen molar-refractivity contribution in [3.8, 4) is 11.5 Å². The minimum absolute atomic E-state index is 0.0634. The van der Waals surface area contributed by atoms with Crippen LogP contribution in [0.25, 0.3) is 0 Å². The molecular weight excluding hydrogens is 314 g/mol. The van der Waals surface area contributed by atoms with E-state index in [1.54, 1.807) is 12.2 Å². The van der Waals surface area contributed by atoms with Crippen molar-refractivity contribution in [3.63, 3.8) is 0 Å². The third kappa shape index (κ3) is 5.96. The molecule has 1 aromatic carbocycles. The lowest BCUT2D eigenvalue weighted by Gasteiger charge is -2.10. The summed E-state index contributed by atoms with van der Waals surface area (Å²) in [5.74, 6) is -0.320. The number of nitro groups is 1. The molecule has 128 valence electrons. The van der Waals surface area contributed by atoms with Crippen molar-refractivity contribution in [1.29, 1.82) is 0 Å². The Kier molecular flexibility index (Phi) is 7.77. The number of carbonyl (C=O) groups excluding carboxylic acids is 1. The molecule has 0 aliphatic rings. The molecule has 1 aromatic rings. The first kappa shape index (κ1) is 19.0. The summed E-state index contributed by atoms with van der Waals surface area (Å²) in [4.78, 5) is 21.6. The highest BCUT2D eigenvalue weighted by Crippen LogP contribution is 2.31. The first-order chi connectivity index (χ1) is 11.5. The van der Waals surface area contributed by atoms with Gasteiger partial charge in [-0.05, 0) is 18.6 Å². The number of methoxy groups -OCH3 is 1. The van der Waals surface area contributed by atoms with Gasteiger partial charge in [-0.15, -0.1) is 0 Å². The summed E-state index contributed by atoms with van der Waals surface area (Å²) in [6.07, 6.45) is 7.14. The summed E-state index contributed by atoms with van der Waals surface area (Å²) in [5, 5.41) is 11.0. The number of ether oxygens (including phenoxy) is 3. The minimum Gasteiger partial charge on any atom is -0.489 e. The average molecular weight is 333 g/mol. The van der Waals surface area contributed by atoms with Crippen molar-refractivity contribution in [1.82, 2.24) is 0 Å². The quantitative estimate of drug-likeness (QED) is 0.298. The third-order valence-electron chi connectivity index (χ3n) is 2.92. The van der Waals surface area contributed by atoms with Crippen LogP contribution >= 0.6 is 0 Å². The van der Waals surface area contributed by atoms with Crippen molar-refractivity contribution in [2.45, 2.75) is 6.92 Å². The van der Waals surface area contributed by atoms with Gasteiger partial charge in [0, 0.05) is 12.1 Å². The molecule has 7 nitrogen and oxygen atoms in total. The Morgan fingerprint density at radius 1 is 1.33 bits per heavy atom. The Hall–Kier alpha value is -3.09. The Balaban J connectivity index is 2.89. The lowest BCUT2D eigenvalue weighted by Crippen LogP contribution is -2.13. The van der Waals surface area contributed by atoms with Crippen LogP contribution in [-0.4, -0.2) is 31.2 Å². The molecule has 0 amide bonds. The largest absolute Gasteiger partial charge is 0.489 e. The molecule has 0 heterocycles. The van der Waals surface area contributed by atoms with Crippen LogP contribution < -0.4 is 9.47 Å². The van der Waals surface area contributed by atoms with Crippen LogP contribution in [0.2, 0.25) is 0 Å². The van der Waals surface area contributed by atoms with E-state index >= 15 is 0 Å². The molecule has 0 spiro atoms. The molecule has 0 aliphatic carbocycles. The number of allylic oxidation sites excluding steroid dienone is 3. The molecule has 0 saturated carbocycles. The van der Waals surface area contributed by atoms with E-state index in [2.05, 4.69) is 11.3 Å². The summed E-state index contributed by atoms with van der Waals surface area (Å²) < 4.78 is 15.2. The van der Waals surface area contributed by atoms with Crippen LogP contribution in [0.3, 0.4) is 0 Å². The summed E-state index contributed by atoms with van der Waals surface area (Å²) in [7, 11) is 1.20. The van der Waals surface area contributed by atoms with E-state index in [0.717, 1.165) is 5.57 Å². The Labute approximate surface area is 140 Å². The van der Waals surface area contributed by atoms with Crippen molar-refractivity contribution in [2.24, 2.45) is 0 Å². The number of hydrogen-bond acceptors (Lipinski definition) is 6. The van der Waals surface area contributed by atoms with Gasteiger partial charge in [0.1, 0.15) is 12.4 Å². The van der Waals surface area contributed by atoms with E-state index in [4.69, 9.17) is 9.47 Å². The van der Waals surface area contributed by atoms with E-state index in [0.29, 0.717) is 5.75 Å². The second kappa shape index (κ2) is 9.83. The van der Waals surface area contributed by atoms with Crippen molar-refractivity contribution in [2.75, 3.05) is 20.3 Å². The van der Waals surface area contributed by atoms with Crippen LogP contribution in [0.5, 0.6) is 11.5 Å². The maximum atomic E-state index is 11.1. The number of benzene rings is 1. The first-order valence-electron chi connectivity index (χ1n) is 7.07. The zero-order valence-electron chi connectivity index (χ0n) is 13.6. The molecule has 0 aromatic heterocycles. The highest BCUT2D eigenvalue weighted by atomic mass is 16.6. The molecule has 0 unspecified atom stereocenters. The Bertz CT molecular complexity index is 663. The van der Waals surface area contributed by atoms with Crippen LogP contribution in [0.4, 0.5) is 5.69 Å². The van der Waals surface area contributed by atoms with Gasteiger partial charge in [-0.1, -0.05) is 30.9 Å². The van der Waals surface area contributed by atoms with Gasteiger partial charge >= 0.3 is 11.7 Å². The Morgan fingerprint density at radius 3 is 2.67 bits per heavy atom. The zero-order chi connectivity index (χ0) is 17.9. The minimum atomic E-state index is -0.638. The zero-order valence-corrected chi connectivity index (χ0v) is 13.6. The van der Waals surface area contributed by atoms with Gasteiger partial charge in [0.15, 0.2) is 6.61 Å². The fraction of sp³-hybridized carbons (Fsp3) is 0.235. The van der Waals surface area contributed by atoms with E-state index in [9.17, 15) is 14.9 Å². The number of carbonyl (C=O) groups is 1. The smallest absolute Gasteiger partial charge is 0.343 e. The van der Waals surface area contributed by atoms with Crippen molar-refractivity contribution < 1.29 is 23.9 Å². The predicted octanol–water partition coefficient (Wildman–Crippen LogP) is 3.21. The topological polar surface area (TPSA) is 87.9 Å². The van der Waals surface area contributed by atoms with Gasteiger partial charge in [0.2, 0.25) is 5.75 Å². The molecule has 0 radical (unpaired) electrons. The van der Waals surface area contributed by atoms with Gasteiger partial charge in [-0.25, -0.2) is 4.79 Å². The summed E-state index contributed by atoms with van der Waals surface area (Å²) in [6.45, 7) is 5.30. The molecule has 0 atom stereocenters. The lowest BCUT2D eigenvalue weighted by atomic mass is 10.2. The first-order valence-corrected chi connectivity index (χ1v) is 7.07. The van der Waals surface area contributed by atoms with Crippen LogP contribution in [0, 0.1) is 10.1 Å². The monoisotopic (exact) mass is 333 g/mol.